The van der Waals surface area contributed by atoms with Crippen molar-refractivity contribution in [1.29, 1.82) is 0 Å². The molecular weight excluding hydrogens is 226 g/mol. The largest absolute Gasteiger partial charge is 0.309 e. The van der Waals surface area contributed by atoms with E-state index in [-0.39, 0.29) is 0 Å². The molecule has 1 N–H and O–H groups in total. The minimum atomic E-state index is 0.452. The van der Waals surface area contributed by atoms with Gasteiger partial charge in [-0.25, -0.2) is 0 Å². The Bertz CT molecular complexity index is 352. The average molecular weight is 249 g/mol. The minimum absolute atomic E-state index is 0.452. The van der Waals surface area contributed by atoms with E-state index in [1.54, 1.807) is 0 Å². The molecule has 1 aliphatic heterocycles. The molecular formula is C15H23NS. The zero-order valence-corrected chi connectivity index (χ0v) is 11.9. The second kappa shape index (κ2) is 5.45. The van der Waals surface area contributed by atoms with Crippen molar-refractivity contribution >= 4 is 11.8 Å². The molecule has 0 bridgehead atoms. The highest BCUT2D eigenvalue weighted by molar-refractivity contribution is 8.00. The van der Waals surface area contributed by atoms with E-state index >= 15 is 0 Å². The molecule has 2 unspecified atom stereocenters. The van der Waals surface area contributed by atoms with E-state index in [1.807, 2.05) is 0 Å². The lowest BCUT2D eigenvalue weighted by Crippen LogP contribution is -2.34. The van der Waals surface area contributed by atoms with E-state index in [0.717, 1.165) is 6.54 Å². The Morgan fingerprint density at radius 3 is 2.65 bits per heavy atom. The normalized spacial score (nSPS) is 26.1. The van der Waals surface area contributed by atoms with Gasteiger partial charge >= 0.3 is 0 Å². The van der Waals surface area contributed by atoms with Crippen LogP contribution in [-0.4, -0.2) is 17.0 Å². The van der Waals surface area contributed by atoms with Crippen molar-refractivity contribution in [2.75, 3.05) is 12.3 Å². The minimum Gasteiger partial charge on any atom is -0.309 e. The zero-order chi connectivity index (χ0) is 12.3. The van der Waals surface area contributed by atoms with Crippen LogP contribution in [0.4, 0.5) is 0 Å². The van der Waals surface area contributed by atoms with Crippen LogP contribution in [0, 0.1) is 6.92 Å². The molecule has 2 rings (SSSR count). The Labute approximate surface area is 109 Å². The van der Waals surface area contributed by atoms with Crippen molar-refractivity contribution in [3.63, 3.8) is 0 Å². The Kier molecular flexibility index (Phi) is 4.16. The molecule has 94 valence electrons. The summed E-state index contributed by atoms with van der Waals surface area (Å²) in [5, 5.41) is 3.68. The maximum absolute atomic E-state index is 3.68. The monoisotopic (exact) mass is 249 g/mol. The summed E-state index contributed by atoms with van der Waals surface area (Å²) in [6.07, 6.45) is 2.73. The van der Waals surface area contributed by atoms with E-state index in [1.165, 1.54) is 29.7 Å². The average Bonchev–Trinajstić information content (AvgIpc) is 2.75. The third kappa shape index (κ3) is 3.49. The quantitative estimate of drug-likeness (QED) is 0.867. The highest BCUT2D eigenvalue weighted by atomic mass is 32.2. The van der Waals surface area contributed by atoms with Crippen molar-refractivity contribution in [3.05, 3.63) is 35.4 Å². The van der Waals surface area contributed by atoms with Crippen LogP contribution in [0.15, 0.2) is 24.3 Å². The van der Waals surface area contributed by atoms with Crippen molar-refractivity contribution in [3.8, 4) is 0 Å². The first-order valence-electron chi connectivity index (χ1n) is 6.53. The van der Waals surface area contributed by atoms with Crippen LogP contribution in [0.2, 0.25) is 0 Å². The Morgan fingerprint density at radius 2 is 2.06 bits per heavy atom. The third-order valence-electron chi connectivity index (χ3n) is 3.66. The summed E-state index contributed by atoms with van der Waals surface area (Å²) >= 11 is 2.12. The molecule has 1 aromatic carbocycles. The summed E-state index contributed by atoms with van der Waals surface area (Å²) in [7, 11) is 0. The van der Waals surface area contributed by atoms with Crippen LogP contribution in [0.3, 0.4) is 0 Å². The molecule has 0 saturated carbocycles. The van der Waals surface area contributed by atoms with Gasteiger partial charge in [0.2, 0.25) is 0 Å². The number of hydrogen-bond acceptors (Lipinski definition) is 2. The predicted octanol–water partition coefficient (Wildman–Crippen LogP) is 3.93. The molecule has 0 amide bonds. The fourth-order valence-electron chi connectivity index (χ4n) is 2.32. The summed E-state index contributed by atoms with van der Waals surface area (Å²) in [6.45, 7) is 7.90. The summed E-state index contributed by atoms with van der Waals surface area (Å²) < 4.78 is 0.457. The molecule has 1 aromatic rings. The molecule has 1 saturated heterocycles. The molecule has 1 heterocycles. The van der Waals surface area contributed by atoms with E-state index < -0.39 is 0 Å². The lowest BCUT2D eigenvalue weighted by molar-refractivity contribution is 0.490. The maximum Gasteiger partial charge on any atom is 0.0292 e. The Balaban J connectivity index is 1.88. The molecule has 1 fully saturated rings. The van der Waals surface area contributed by atoms with Gasteiger partial charge < -0.3 is 5.32 Å². The maximum atomic E-state index is 3.68. The molecule has 0 aromatic heterocycles. The first-order chi connectivity index (χ1) is 8.09. The summed E-state index contributed by atoms with van der Waals surface area (Å²) in [5.74, 6) is 1.33. The number of benzene rings is 1. The molecule has 1 nitrogen and oxygen atoms in total. The van der Waals surface area contributed by atoms with Gasteiger partial charge in [0.15, 0.2) is 0 Å². The lowest BCUT2D eigenvalue weighted by atomic mass is 10.0. The molecule has 1 aliphatic rings. The zero-order valence-electron chi connectivity index (χ0n) is 11.1. The fraction of sp³-hybridized carbons (Fsp3) is 0.600. The van der Waals surface area contributed by atoms with Crippen molar-refractivity contribution in [2.45, 2.75) is 44.4 Å². The standard InChI is InChI=1S/C15H23NS/c1-12-5-7-14(8-6-12)13(2)16-11-15(3)9-4-10-17-15/h5-8,13,16H,4,9-11H2,1-3H3. The number of aryl methyl sites for hydroxylation is 1. The molecule has 0 aliphatic carbocycles. The van der Waals surface area contributed by atoms with Crippen LogP contribution in [0.1, 0.15) is 43.9 Å². The lowest BCUT2D eigenvalue weighted by Gasteiger charge is -2.26. The van der Waals surface area contributed by atoms with E-state index in [9.17, 15) is 0 Å². The Hall–Kier alpha value is -0.470. The van der Waals surface area contributed by atoms with Gasteiger partial charge in [-0.15, -0.1) is 0 Å². The highest BCUT2D eigenvalue weighted by Gasteiger charge is 2.29. The van der Waals surface area contributed by atoms with Crippen LogP contribution >= 0.6 is 11.8 Å². The molecule has 17 heavy (non-hydrogen) atoms. The van der Waals surface area contributed by atoms with Crippen LogP contribution in [0.5, 0.6) is 0 Å². The van der Waals surface area contributed by atoms with Gasteiger partial charge in [-0.2, -0.15) is 11.8 Å². The van der Waals surface area contributed by atoms with Crippen molar-refractivity contribution in [2.24, 2.45) is 0 Å². The van der Waals surface area contributed by atoms with Crippen molar-refractivity contribution < 1.29 is 0 Å². The van der Waals surface area contributed by atoms with Crippen molar-refractivity contribution in [1.82, 2.24) is 5.32 Å². The van der Waals surface area contributed by atoms with E-state index in [0.29, 0.717) is 10.8 Å². The molecule has 2 atom stereocenters. The SMILES string of the molecule is Cc1ccc(C(C)NCC2(C)CCCS2)cc1. The summed E-state index contributed by atoms with van der Waals surface area (Å²) in [4.78, 5) is 0. The van der Waals surface area contributed by atoms with Gasteiger partial charge in [0.25, 0.3) is 0 Å². The predicted molar refractivity (Wildman–Crippen MR) is 77.7 cm³/mol. The second-order valence-corrected chi connectivity index (χ2v) is 7.10. The van der Waals surface area contributed by atoms with E-state index in [4.69, 9.17) is 0 Å². The fourth-order valence-corrected chi connectivity index (χ4v) is 3.57. The summed E-state index contributed by atoms with van der Waals surface area (Å²) in [5.41, 5.74) is 2.72. The number of rotatable bonds is 4. The van der Waals surface area contributed by atoms with Gasteiger partial charge in [0.05, 0.1) is 0 Å². The van der Waals surface area contributed by atoms with Crippen LogP contribution < -0.4 is 5.32 Å². The topological polar surface area (TPSA) is 12.0 Å². The van der Waals surface area contributed by atoms with Gasteiger partial charge in [0.1, 0.15) is 0 Å². The van der Waals surface area contributed by atoms with Crippen LogP contribution in [-0.2, 0) is 0 Å². The third-order valence-corrected chi connectivity index (χ3v) is 5.20. The van der Waals surface area contributed by atoms with E-state index in [2.05, 4.69) is 62.1 Å². The first-order valence-corrected chi connectivity index (χ1v) is 7.52. The van der Waals surface area contributed by atoms with Gasteiger partial charge in [0, 0.05) is 17.3 Å². The summed E-state index contributed by atoms with van der Waals surface area (Å²) in [6, 6.07) is 9.31. The smallest absolute Gasteiger partial charge is 0.0292 e. The van der Waals surface area contributed by atoms with Gasteiger partial charge in [-0.3, -0.25) is 0 Å². The Morgan fingerprint density at radius 1 is 1.35 bits per heavy atom. The molecule has 0 spiro atoms. The van der Waals surface area contributed by atoms with Gasteiger partial charge in [-0.1, -0.05) is 29.8 Å². The molecule has 2 heteroatoms. The highest BCUT2D eigenvalue weighted by Crippen LogP contribution is 2.37. The second-order valence-electron chi connectivity index (χ2n) is 5.42. The number of hydrogen-bond donors (Lipinski definition) is 1. The first kappa shape index (κ1) is 13.0. The van der Waals surface area contributed by atoms with Gasteiger partial charge in [-0.05, 0) is 44.9 Å². The van der Waals surface area contributed by atoms with Crippen LogP contribution in [0.25, 0.3) is 0 Å². The number of thioether (sulfide) groups is 1. The number of nitrogens with one attached hydrogen (secondary N) is 1. The molecule has 0 radical (unpaired) electrons.